The Labute approximate surface area is 190 Å². The Balaban J connectivity index is 2.00. The highest BCUT2D eigenvalue weighted by atomic mass is 16.5. The Morgan fingerprint density at radius 2 is 1.81 bits per heavy atom. The fourth-order valence-corrected chi connectivity index (χ4v) is 4.03. The lowest BCUT2D eigenvalue weighted by Gasteiger charge is -2.53. The molecule has 0 radical (unpaired) electrons. The number of carbonyl (C=O) groups excluding carboxylic acids is 2. The highest BCUT2D eigenvalue weighted by Gasteiger charge is 2.52. The fraction of sp³-hybridized carbons (Fsp3) is 0.417. The van der Waals surface area contributed by atoms with Crippen LogP contribution in [0.25, 0.3) is 0 Å². The number of rotatable bonds is 7. The molecule has 0 bridgehead atoms. The van der Waals surface area contributed by atoms with E-state index in [0.29, 0.717) is 6.42 Å². The minimum atomic E-state index is -1.69. The molecule has 0 atom stereocenters. The Kier molecular flexibility index (Phi) is 5.13. The first-order valence-corrected chi connectivity index (χ1v) is 10.2. The summed E-state index contributed by atoms with van der Waals surface area (Å²) in [6.07, 6.45) is 0.133. The number of aromatic hydroxyl groups is 1. The number of para-hydroxylation sites is 1. The molecule has 2 aromatic carbocycles. The first kappa shape index (κ1) is 16.8. The summed E-state index contributed by atoms with van der Waals surface area (Å²) in [5.74, 6) is -1.30. The predicted octanol–water partition coefficient (Wildman–Crippen LogP) is 3.40. The smallest absolute Gasteiger partial charge is 0.332 e. The quantitative estimate of drug-likeness (QED) is 0.412. The van der Waals surface area contributed by atoms with Gasteiger partial charge in [0.25, 0.3) is 0 Å². The van der Waals surface area contributed by atoms with Crippen LogP contribution < -0.4 is 4.90 Å². The number of esters is 1. The number of ether oxygens (including phenoxy) is 1. The average molecular weight is 432 g/mol. The summed E-state index contributed by atoms with van der Waals surface area (Å²) >= 11 is 0. The summed E-state index contributed by atoms with van der Waals surface area (Å²) in [4.78, 5) is 27.4. The molecular formula is C24H30N2O5. The van der Waals surface area contributed by atoms with Crippen molar-refractivity contribution in [2.45, 2.75) is 38.1 Å². The second-order valence-electron chi connectivity index (χ2n) is 7.72. The van der Waals surface area contributed by atoms with Crippen LogP contribution in [0.2, 0.25) is 0 Å². The van der Waals surface area contributed by atoms with E-state index in [2.05, 4.69) is 0 Å². The van der Waals surface area contributed by atoms with Crippen LogP contribution in [-0.2, 0) is 20.7 Å². The minimum Gasteiger partial charge on any atom is -0.633 e. The largest absolute Gasteiger partial charge is 0.633 e. The Morgan fingerprint density at radius 3 is 2.35 bits per heavy atom. The SMILES string of the molecule is [2H]c1c([2H])c([2H])c(N(C(=O)CC)C2(C(=O)OC)CC[N+]([O-])(CCc3ccc(O)cc3)CC2)c([2H])c1[2H]. The number of nitrogens with zero attached hydrogens (tertiary/aromatic N) is 2. The number of anilines is 1. The van der Waals surface area contributed by atoms with Crippen molar-refractivity contribution >= 4 is 17.6 Å². The van der Waals surface area contributed by atoms with Crippen molar-refractivity contribution in [2.75, 3.05) is 31.6 Å². The summed E-state index contributed by atoms with van der Waals surface area (Å²) in [7, 11) is 1.15. The van der Waals surface area contributed by atoms with E-state index < -0.39 is 58.0 Å². The van der Waals surface area contributed by atoms with Crippen molar-refractivity contribution < 1.29 is 30.9 Å². The van der Waals surface area contributed by atoms with Gasteiger partial charge in [0.2, 0.25) is 5.91 Å². The third kappa shape index (κ3) is 4.89. The van der Waals surface area contributed by atoms with Crippen molar-refractivity contribution in [1.82, 2.24) is 0 Å². The lowest BCUT2D eigenvalue weighted by molar-refractivity contribution is -0.886. The van der Waals surface area contributed by atoms with Crippen LogP contribution in [0, 0.1) is 5.21 Å². The van der Waals surface area contributed by atoms with Crippen molar-refractivity contribution in [1.29, 1.82) is 0 Å². The molecule has 1 heterocycles. The number of likely N-dealkylation sites (tertiary alicyclic amines) is 1. The van der Waals surface area contributed by atoms with Gasteiger partial charge in [0.15, 0.2) is 5.54 Å². The summed E-state index contributed by atoms with van der Waals surface area (Å²) in [5.41, 5.74) is -1.22. The van der Waals surface area contributed by atoms with Gasteiger partial charge in [0, 0.05) is 31.4 Å². The number of amides is 1. The lowest BCUT2D eigenvalue weighted by atomic mass is 9.84. The van der Waals surface area contributed by atoms with Gasteiger partial charge >= 0.3 is 5.97 Å². The molecule has 3 rings (SSSR count). The van der Waals surface area contributed by atoms with Gasteiger partial charge in [-0.3, -0.25) is 9.69 Å². The minimum absolute atomic E-state index is 0.0423. The molecule has 1 aliphatic rings. The maximum atomic E-state index is 13.5. The summed E-state index contributed by atoms with van der Waals surface area (Å²) < 4.78 is 45.1. The monoisotopic (exact) mass is 431 g/mol. The lowest BCUT2D eigenvalue weighted by Crippen LogP contribution is -2.65. The number of carbonyl (C=O) groups is 2. The van der Waals surface area contributed by atoms with Gasteiger partial charge in [0.1, 0.15) is 5.75 Å². The van der Waals surface area contributed by atoms with Crippen LogP contribution in [0.5, 0.6) is 5.75 Å². The number of phenolic OH excluding ortho intramolecular Hbond substituents is 1. The molecule has 1 aliphatic heterocycles. The number of hydrogen-bond donors (Lipinski definition) is 1. The maximum absolute atomic E-state index is 13.5. The van der Waals surface area contributed by atoms with Crippen LogP contribution in [0.4, 0.5) is 5.69 Å². The zero-order valence-electron chi connectivity index (χ0n) is 22.7. The van der Waals surface area contributed by atoms with Gasteiger partial charge in [-0.05, 0) is 29.8 Å². The van der Waals surface area contributed by atoms with Gasteiger partial charge in [-0.1, -0.05) is 37.2 Å². The fourth-order valence-electron chi connectivity index (χ4n) is 4.03. The number of piperidine rings is 1. The number of benzene rings is 2. The average Bonchev–Trinajstić information content (AvgIpc) is 2.88. The van der Waals surface area contributed by atoms with Gasteiger partial charge in [0.05, 0.1) is 33.6 Å². The Bertz CT molecular complexity index is 1120. The van der Waals surface area contributed by atoms with E-state index in [1.165, 1.54) is 12.1 Å². The van der Waals surface area contributed by atoms with Gasteiger partial charge in [-0.25, -0.2) is 4.79 Å². The number of methoxy groups -OCH3 is 1. The zero-order valence-corrected chi connectivity index (χ0v) is 17.7. The van der Waals surface area contributed by atoms with Crippen LogP contribution in [0.15, 0.2) is 54.5 Å². The van der Waals surface area contributed by atoms with Crippen molar-refractivity contribution in [3.8, 4) is 5.75 Å². The van der Waals surface area contributed by atoms with E-state index >= 15 is 0 Å². The van der Waals surface area contributed by atoms with Crippen molar-refractivity contribution in [3.63, 3.8) is 0 Å². The van der Waals surface area contributed by atoms with E-state index in [0.717, 1.165) is 17.6 Å². The molecular weight excluding hydrogens is 396 g/mol. The molecule has 1 fully saturated rings. The maximum Gasteiger partial charge on any atom is 0.332 e. The molecule has 0 unspecified atom stereocenters. The number of quaternary nitrogens is 1. The van der Waals surface area contributed by atoms with E-state index in [1.807, 2.05) is 0 Å². The predicted molar refractivity (Wildman–Crippen MR) is 118 cm³/mol. The third-order valence-corrected chi connectivity index (χ3v) is 5.87. The molecule has 1 N–H and O–H groups in total. The standard InChI is InChI=1S/C24H30N2O5/c1-3-22(28)25(20-7-5-4-6-8-20)24(23(29)31-2)14-17-26(30,18-15-24)16-13-19-9-11-21(27)12-10-19/h4-12,27H,3,13-18H2,1-2H3/i4D,5D,6D,7D,8D. The molecule has 0 spiro atoms. The second-order valence-corrected chi connectivity index (χ2v) is 7.72. The molecule has 2 aromatic rings. The highest BCUT2D eigenvalue weighted by Crippen LogP contribution is 2.37. The molecule has 1 amide bonds. The zero-order chi connectivity index (χ0) is 26.8. The molecule has 0 aromatic heterocycles. The first-order chi connectivity index (χ1) is 16.9. The molecule has 1 saturated heterocycles. The molecule has 7 heteroatoms. The van der Waals surface area contributed by atoms with Crippen LogP contribution >= 0.6 is 0 Å². The van der Waals surface area contributed by atoms with E-state index in [4.69, 9.17) is 11.6 Å². The van der Waals surface area contributed by atoms with E-state index in [9.17, 15) is 19.9 Å². The number of hydroxylamine groups is 3. The summed E-state index contributed by atoms with van der Waals surface area (Å²) in [6.45, 7) is 1.67. The number of hydrogen-bond acceptors (Lipinski definition) is 5. The van der Waals surface area contributed by atoms with Crippen LogP contribution in [0.3, 0.4) is 0 Å². The summed E-state index contributed by atoms with van der Waals surface area (Å²) in [5, 5.41) is 23.0. The molecule has 0 aliphatic carbocycles. The third-order valence-electron chi connectivity index (χ3n) is 5.87. The first-order valence-electron chi connectivity index (χ1n) is 12.7. The van der Waals surface area contributed by atoms with Crippen molar-refractivity contribution in [2.24, 2.45) is 0 Å². The van der Waals surface area contributed by atoms with Crippen molar-refractivity contribution in [3.05, 3.63) is 65.2 Å². The molecule has 31 heavy (non-hydrogen) atoms. The second kappa shape index (κ2) is 9.49. The molecule has 0 saturated carbocycles. The van der Waals surface area contributed by atoms with Gasteiger partial charge in [-0.2, -0.15) is 0 Å². The van der Waals surface area contributed by atoms with Gasteiger partial charge < -0.3 is 19.7 Å². The van der Waals surface area contributed by atoms with E-state index in [1.54, 1.807) is 19.1 Å². The Morgan fingerprint density at radius 1 is 1.19 bits per heavy atom. The molecule has 166 valence electrons. The molecule has 7 nitrogen and oxygen atoms in total. The highest BCUT2D eigenvalue weighted by molar-refractivity contribution is 6.02. The van der Waals surface area contributed by atoms with Gasteiger partial charge in [-0.15, -0.1) is 0 Å². The van der Waals surface area contributed by atoms with E-state index in [-0.39, 0.29) is 44.6 Å². The normalized spacial score (nSPS) is 25.5. The Hall–Kier alpha value is -2.90. The number of phenols is 1. The topological polar surface area (TPSA) is 89.9 Å². The summed E-state index contributed by atoms with van der Waals surface area (Å²) in [6, 6.07) is 3.46. The van der Waals surface area contributed by atoms with Crippen LogP contribution in [0.1, 0.15) is 38.6 Å². The van der Waals surface area contributed by atoms with Crippen LogP contribution in [-0.4, -0.2) is 53.9 Å².